The molecule has 1 aliphatic carbocycles. The fourth-order valence-electron chi connectivity index (χ4n) is 4.07. The van der Waals surface area contributed by atoms with E-state index in [1.165, 1.54) is 25.7 Å². The van der Waals surface area contributed by atoms with Gasteiger partial charge in [-0.2, -0.15) is 0 Å². The predicted octanol–water partition coefficient (Wildman–Crippen LogP) is 1.62. The van der Waals surface area contributed by atoms with Gasteiger partial charge in [-0.05, 0) is 38.0 Å². The third kappa shape index (κ3) is 2.67. The van der Waals surface area contributed by atoms with Crippen molar-refractivity contribution in [2.45, 2.75) is 70.1 Å². The summed E-state index contributed by atoms with van der Waals surface area (Å²) in [4.78, 5) is 14.8. The number of nitrogens with zero attached hydrogens (tertiary/aromatic N) is 1. The highest BCUT2D eigenvalue weighted by Gasteiger charge is 2.45. The fraction of sp³-hybridized carbons (Fsp3) is 0.933. The van der Waals surface area contributed by atoms with E-state index in [9.17, 15) is 9.00 Å². The van der Waals surface area contributed by atoms with E-state index in [2.05, 4.69) is 17.1 Å². The van der Waals surface area contributed by atoms with Crippen molar-refractivity contribution in [3.05, 3.63) is 0 Å². The van der Waals surface area contributed by atoms with Crippen LogP contribution in [0.3, 0.4) is 0 Å². The van der Waals surface area contributed by atoms with Crippen LogP contribution < -0.4 is 5.32 Å². The zero-order valence-electron chi connectivity index (χ0n) is 12.3. The van der Waals surface area contributed by atoms with Gasteiger partial charge in [-0.15, -0.1) is 0 Å². The van der Waals surface area contributed by atoms with E-state index in [4.69, 9.17) is 0 Å². The molecule has 3 aliphatic rings. The second-order valence-corrected chi connectivity index (χ2v) is 8.14. The van der Waals surface area contributed by atoms with Gasteiger partial charge in [0, 0.05) is 28.3 Å². The minimum Gasteiger partial charge on any atom is -0.322 e. The minimum atomic E-state index is -0.654. The Hall–Kier alpha value is -0.420. The SMILES string of the molecule is CCC1NC(C2CCCC2)N(C2CCS(=O)CC2)C1=O. The molecule has 0 radical (unpaired) electrons. The molecule has 3 rings (SSSR count). The number of carbonyl (C=O) groups is 1. The van der Waals surface area contributed by atoms with Crippen molar-refractivity contribution in [1.29, 1.82) is 0 Å². The topological polar surface area (TPSA) is 49.4 Å². The van der Waals surface area contributed by atoms with Gasteiger partial charge in [0.2, 0.25) is 5.91 Å². The molecule has 0 aromatic carbocycles. The van der Waals surface area contributed by atoms with Crippen LogP contribution in [0.15, 0.2) is 0 Å². The average molecular weight is 298 g/mol. The summed E-state index contributed by atoms with van der Waals surface area (Å²) >= 11 is 0. The van der Waals surface area contributed by atoms with E-state index in [1.807, 2.05) is 0 Å². The summed E-state index contributed by atoms with van der Waals surface area (Å²) in [5, 5.41) is 3.59. The Labute approximate surface area is 124 Å². The van der Waals surface area contributed by atoms with Crippen LogP contribution in [0, 0.1) is 5.92 Å². The highest BCUT2D eigenvalue weighted by Crippen LogP contribution is 2.35. The predicted molar refractivity (Wildman–Crippen MR) is 80.7 cm³/mol. The maximum atomic E-state index is 12.7. The van der Waals surface area contributed by atoms with Crippen molar-refractivity contribution < 1.29 is 9.00 Å². The molecule has 2 aliphatic heterocycles. The minimum absolute atomic E-state index is 0.00743. The van der Waals surface area contributed by atoms with Crippen molar-refractivity contribution >= 4 is 16.7 Å². The lowest BCUT2D eigenvalue weighted by Gasteiger charge is -2.37. The molecule has 4 nitrogen and oxygen atoms in total. The van der Waals surface area contributed by atoms with E-state index in [1.54, 1.807) is 0 Å². The lowest BCUT2D eigenvalue weighted by Crippen LogP contribution is -2.50. The number of carbonyl (C=O) groups excluding carboxylic acids is 1. The number of amides is 1. The molecule has 3 fully saturated rings. The van der Waals surface area contributed by atoms with Gasteiger partial charge in [-0.1, -0.05) is 19.8 Å². The van der Waals surface area contributed by atoms with Crippen LogP contribution in [0.5, 0.6) is 0 Å². The Morgan fingerprint density at radius 2 is 1.85 bits per heavy atom. The number of rotatable bonds is 3. The molecule has 2 unspecified atom stereocenters. The van der Waals surface area contributed by atoms with Crippen LogP contribution in [0.25, 0.3) is 0 Å². The third-order valence-corrected chi connectivity index (χ3v) is 6.61. The van der Waals surface area contributed by atoms with Crippen LogP contribution in [0.2, 0.25) is 0 Å². The molecule has 0 aromatic rings. The molecule has 20 heavy (non-hydrogen) atoms. The van der Waals surface area contributed by atoms with Gasteiger partial charge >= 0.3 is 0 Å². The van der Waals surface area contributed by atoms with Crippen molar-refractivity contribution in [3.63, 3.8) is 0 Å². The Kier molecular flexibility index (Phi) is 4.46. The van der Waals surface area contributed by atoms with Gasteiger partial charge < -0.3 is 4.90 Å². The molecule has 1 saturated carbocycles. The molecular weight excluding hydrogens is 272 g/mol. The maximum absolute atomic E-state index is 12.7. The van der Waals surface area contributed by atoms with Gasteiger partial charge in [0.15, 0.2) is 0 Å². The lowest BCUT2D eigenvalue weighted by atomic mass is 10.0. The molecule has 0 spiro atoms. The first kappa shape index (κ1) is 14.5. The molecule has 2 heterocycles. The summed E-state index contributed by atoms with van der Waals surface area (Å²) in [5.41, 5.74) is 0. The summed E-state index contributed by atoms with van der Waals surface area (Å²) in [7, 11) is -0.654. The van der Waals surface area contributed by atoms with Crippen LogP contribution in [0.4, 0.5) is 0 Å². The van der Waals surface area contributed by atoms with Gasteiger partial charge in [-0.25, -0.2) is 0 Å². The molecule has 5 heteroatoms. The second-order valence-electron chi connectivity index (χ2n) is 6.44. The molecule has 2 atom stereocenters. The summed E-state index contributed by atoms with van der Waals surface area (Å²) < 4.78 is 11.6. The maximum Gasteiger partial charge on any atom is 0.241 e. The van der Waals surface area contributed by atoms with Crippen LogP contribution in [-0.2, 0) is 15.6 Å². The van der Waals surface area contributed by atoms with Crippen molar-refractivity contribution in [2.75, 3.05) is 11.5 Å². The van der Waals surface area contributed by atoms with E-state index >= 15 is 0 Å². The molecule has 114 valence electrons. The van der Waals surface area contributed by atoms with Gasteiger partial charge in [0.1, 0.15) is 0 Å². The van der Waals surface area contributed by atoms with Crippen molar-refractivity contribution in [1.82, 2.24) is 10.2 Å². The largest absolute Gasteiger partial charge is 0.322 e. The molecule has 2 saturated heterocycles. The number of hydrogen-bond acceptors (Lipinski definition) is 3. The standard InChI is InChI=1S/C15H26N2O2S/c1-2-13-15(18)17(12-7-9-20(19)10-8-12)14(16-13)11-5-3-4-6-11/h11-14,16H,2-10H2,1H3. The van der Waals surface area contributed by atoms with E-state index < -0.39 is 10.8 Å². The summed E-state index contributed by atoms with van der Waals surface area (Å²) in [6.07, 6.45) is 8.04. The molecule has 1 N–H and O–H groups in total. The van der Waals surface area contributed by atoms with Crippen LogP contribution in [0.1, 0.15) is 51.9 Å². The molecule has 1 amide bonds. The summed E-state index contributed by atoms with van der Waals surface area (Å²) in [6, 6.07) is 0.322. The monoisotopic (exact) mass is 298 g/mol. The first-order chi connectivity index (χ1) is 9.70. The Morgan fingerprint density at radius 1 is 1.20 bits per heavy atom. The zero-order valence-corrected chi connectivity index (χ0v) is 13.2. The Balaban J connectivity index is 1.76. The van der Waals surface area contributed by atoms with E-state index in [0.717, 1.165) is 30.8 Å². The highest BCUT2D eigenvalue weighted by molar-refractivity contribution is 7.85. The number of hydrogen-bond donors (Lipinski definition) is 1. The first-order valence-electron chi connectivity index (χ1n) is 8.14. The molecular formula is C15H26N2O2S. The third-order valence-electron chi connectivity index (χ3n) is 5.23. The zero-order chi connectivity index (χ0) is 14.1. The lowest BCUT2D eigenvalue weighted by molar-refractivity contribution is -0.133. The van der Waals surface area contributed by atoms with Crippen molar-refractivity contribution in [3.8, 4) is 0 Å². The van der Waals surface area contributed by atoms with E-state index in [-0.39, 0.29) is 12.2 Å². The van der Waals surface area contributed by atoms with Gasteiger partial charge in [0.25, 0.3) is 0 Å². The number of nitrogens with one attached hydrogen (secondary N) is 1. The fourth-order valence-corrected chi connectivity index (χ4v) is 5.34. The second kappa shape index (κ2) is 6.14. The van der Waals surface area contributed by atoms with Gasteiger partial charge in [0.05, 0.1) is 12.2 Å². The normalized spacial score (nSPS) is 39.6. The summed E-state index contributed by atoms with van der Waals surface area (Å²) in [6.45, 7) is 2.08. The quantitative estimate of drug-likeness (QED) is 0.861. The van der Waals surface area contributed by atoms with Crippen LogP contribution in [-0.4, -0.2) is 44.8 Å². The first-order valence-corrected chi connectivity index (χ1v) is 9.62. The van der Waals surface area contributed by atoms with Crippen LogP contribution >= 0.6 is 0 Å². The Bertz CT molecular complexity index is 385. The van der Waals surface area contributed by atoms with E-state index in [0.29, 0.717) is 17.9 Å². The highest BCUT2D eigenvalue weighted by atomic mass is 32.2. The summed E-state index contributed by atoms with van der Waals surface area (Å²) in [5.74, 6) is 2.45. The average Bonchev–Trinajstić information content (AvgIpc) is 3.07. The molecule has 0 bridgehead atoms. The smallest absolute Gasteiger partial charge is 0.241 e. The Morgan fingerprint density at radius 3 is 2.45 bits per heavy atom. The van der Waals surface area contributed by atoms with Crippen molar-refractivity contribution in [2.24, 2.45) is 5.92 Å². The molecule has 0 aromatic heterocycles. The van der Waals surface area contributed by atoms with Gasteiger partial charge in [-0.3, -0.25) is 14.3 Å².